The summed E-state index contributed by atoms with van der Waals surface area (Å²) in [5.41, 5.74) is 3.63. The van der Waals surface area contributed by atoms with Crippen LogP contribution < -0.4 is 10.6 Å². The molecular formula is C30H29N5O3S. The first-order valence-corrected chi connectivity index (χ1v) is 13.9. The van der Waals surface area contributed by atoms with Gasteiger partial charge in [-0.1, -0.05) is 84.6 Å². The number of thioether (sulfide) groups is 1. The van der Waals surface area contributed by atoms with Crippen LogP contribution in [0.3, 0.4) is 0 Å². The Morgan fingerprint density at radius 3 is 2.28 bits per heavy atom. The molecule has 0 saturated heterocycles. The summed E-state index contributed by atoms with van der Waals surface area (Å²) >= 11 is 1.26. The molecule has 0 aliphatic carbocycles. The molecule has 2 aliphatic rings. The van der Waals surface area contributed by atoms with E-state index in [-0.39, 0.29) is 29.9 Å². The molecule has 9 heteroatoms. The van der Waals surface area contributed by atoms with Crippen LogP contribution in [0.15, 0.2) is 94.9 Å². The molecule has 1 atom stereocenters. The van der Waals surface area contributed by atoms with Crippen molar-refractivity contribution in [2.75, 3.05) is 12.3 Å². The van der Waals surface area contributed by atoms with Crippen LogP contribution in [0.25, 0.3) is 0 Å². The molecule has 0 saturated carbocycles. The maximum atomic E-state index is 13.0. The SMILES string of the molecule is O=C(CCC1C(=O)N=C2c3ccccc3N=C(SCC(=O)NCc3ccccc3)N21)NCCc1ccccc1. The van der Waals surface area contributed by atoms with Gasteiger partial charge in [0.25, 0.3) is 5.91 Å². The molecule has 1 unspecified atom stereocenters. The average Bonchev–Trinajstić information content (AvgIpc) is 3.31. The third-order valence-electron chi connectivity index (χ3n) is 6.50. The van der Waals surface area contributed by atoms with Crippen molar-refractivity contribution in [2.45, 2.75) is 31.8 Å². The van der Waals surface area contributed by atoms with Gasteiger partial charge in [0.1, 0.15) is 11.9 Å². The fourth-order valence-corrected chi connectivity index (χ4v) is 5.38. The minimum Gasteiger partial charge on any atom is -0.356 e. The van der Waals surface area contributed by atoms with Crippen LogP contribution in [0.5, 0.6) is 0 Å². The summed E-state index contributed by atoms with van der Waals surface area (Å²) in [5, 5.41) is 6.40. The Labute approximate surface area is 231 Å². The molecule has 0 spiro atoms. The monoisotopic (exact) mass is 539 g/mol. The highest BCUT2D eigenvalue weighted by atomic mass is 32.2. The van der Waals surface area contributed by atoms with Gasteiger partial charge in [-0.3, -0.25) is 19.3 Å². The average molecular weight is 540 g/mol. The van der Waals surface area contributed by atoms with Crippen LogP contribution in [-0.4, -0.2) is 52.0 Å². The summed E-state index contributed by atoms with van der Waals surface area (Å²) in [6.07, 6.45) is 1.22. The number of aliphatic imine (C=N–C) groups is 2. The van der Waals surface area contributed by atoms with E-state index in [1.54, 1.807) is 4.90 Å². The molecule has 2 aliphatic heterocycles. The lowest BCUT2D eigenvalue weighted by molar-refractivity contribution is -0.122. The first-order valence-electron chi connectivity index (χ1n) is 12.9. The minimum absolute atomic E-state index is 0.115. The van der Waals surface area contributed by atoms with Gasteiger partial charge in [0, 0.05) is 25.1 Å². The van der Waals surface area contributed by atoms with Gasteiger partial charge in [-0.05, 0) is 36.1 Å². The van der Waals surface area contributed by atoms with E-state index in [0.29, 0.717) is 36.2 Å². The second-order valence-corrected chi connectivity index (χ2v) is 10.2. The molecule has 198 valence electrons. The molecule has 0 fully saturated rings. The Morgan fingerprint density at radius 2 is 1.51 bits per heavy atom. The van der Waals surface area contributed by atoms with E-state index in [4.69, 9.17) is 4.99 Å². The quantitative estimate of drug-likeness (QED) is 0.408. The Bertz CT molecular complexity index is 1410. The number of para-hydroxylation sites is 1. The Morgan fingerprint density at radius 1 is 0.821 bits per heavy atom. The van der Waals surface area contributed by atoms with E-state index >= 15 is 0 Å². The van der Waals surface area contributed by atoms with Crippen molar-refractivity contribution >= 4 is 46.2 Å². The molecule has 3 amide bonds. The third kappa shape index (κ3) is 6.61. The van der Waals surface area contributed by atoms with Crippen LogP contribution in [0.2, 0.25) is 0 Å². The van der Waals surface area contributed by atoms with Gasteiger partial charge in [-0.25, -0.2) is 4.99 Å². The fraction of sp³-hybridized carbons (Fsp3) is 0.233. The van der Waals surface area contributed by atoms with Gasteiger partial charge < -0.3 is 10.6 Å². The van der Waals surface area contributed by atoms with Gasteiger partial charge in [0.15, 0.2) is 5.17 Å². The minimum atomic E-state index is -0.646. The molecule has 3 aromatic rings. The lowest BCUT2D eigenvalue weighted by Crippen LogP contribution is -2.44. The van der Waals surface area contributed by atoms with Crippen LogP contribution in [-0.2, 0) is 27.3 Å². The molecular weight excluding hydrogens is 510 g/mol. The zero-order valence-corrected chi connectivity index (χ0v) is 22.2. The van der Waals surface area contributed by atoms with Crippen molar-refractivity contribution in [3.05, 3.63) is 102 Å². The highest BCUT2D eigenvalue weighted by Gasteiger charge is 2.41. The van der Waals surface area contributed by atoms with Crippen molar-refractivity contribution in [1.82, 2.24) is 15.5 Å². The van der Waals surface area contributed by atoms with Crippen LogP contribution >= 0.6 is 11.8 Å². The van der Waals surface area contributed by atoms with Crippen molar-refractivity contribution in [3.63, 3.8) is 0 Å². The number of nitrogens with zero attached hydrogens (tertiary/aromatic N) is 3. The van der Waals surface area contributed by atoms with Crippen LogP contribution in [0.4, 0.5) is 5.69 Å². The number of nitrogens with one attached hydrogen (secondary N) is 2. The maximum Gasteiger partial charge on any atom is 0.270 e. The summed E-state index contributed by atoms with van der Waals surface area (Å²) in [7, 11) is 0. The number of hydrogen-bond donors (Lipinski definition) is 2. The van der Waals surface area contributed by atoms with Crippen molar-refractivity contribution in [3.8, 4) is 0 Å². The molecule has 3 aromatic carbocycles. The molecule has 2 N–H and O–H groups in total. The second-order valence-electron chi connectivity index (χ2n) is 9.25. The molecule has 0 bridgehead atoms. The van der Waals surface area contributed by atoms with E-state index in [1.165, 1.54) is 11.8 Å². The number of hydrogen-bond acceptors (Lipinski definition) is 6. The van der Waals surface area contributed by atoms with E-state index in [1.807, 2.05) is 84.9 Å². The molecule has 0 aromatic heterocycles. The lowest BCUT2D eigenvalue weighted by atomic mass is 10.1. The zero-order chi connectivity index (χ0) is 27.0. The van der Waals surface area contributed by atoms with E-state index < -0.39 is 6.04 Å². The van der Waals surface area contributed by atoms with Crippen molar-refractivity contribution in [2.24, 2.45) is 9.98 Å². The van der Waals surface area contributed by atoms with Crippen LogP contribution in [0.1, 0.15) is 29.5 Å². The van der Waals surface area contributed by atoms with Gasteiger partial charge in [-0.2, -0.15) is 4.99 Å². The number of benzene rings is 3. The molecule has 5 rings (SSSR count). The summed E-state index contributed by atoms with van der Waals surface area (Å²) < 4.78 is 0. The summed E-state index contributed by atoms with van der Waals surface area (Å²) in [6, 6.07) is 26.5. The number of amidine groups is 2. The Balaban J connectivity index is 1.21. The molecule has 0 radical (unpaired) electrons. The number of amides is 3. The fourth-order valence-electron chi connectivity index (χ4n) is 4.50. The smallest absolute Gasteiger partial charge is 0.270 e. The molecule has 2 heterocycles. The summed E-state index contributed by atoms with van der Waals surface area (Å²) in [6.45, 7) is 0.966. The van der Waals surface area contributed by atoms with E-state index in [2.05, 4.69) is 15.6 Å². The largest absolute Gasteiger partial charge is 0.356 e. The highest BCUT2D eigenvalue weighted by Crippen LogP contribution is 2.35. The van der Waals surface area contributed by atoms with E-state index in [9.17, 15) is 14.4 Å². The Hall–Kier alpha value is -4.24. The van der Waals surface area contributed by atoms with Gasteiger partial charge in [0.05, 0.1) is 11.4 Å². The van der Waals surface area contributed by atoms with Crippen molar-refractivity contribution < 1.29 is 14.4 Å². The predicted octanol–water partition coefficient (Wildman–Crippen LogP) is 3.83. The topological polar surface area (TPSA) is 103 Å². The van der Waals surface area contributed by atoms with E-state index in [0.717, 1.165) is 23.1 Å². The standard InChI is InChI=1S/C30H29N5O3S/c36-26(31-18-17-21-9-3-1-4-10-21)16-15-25-29(38)34-28-23-13-7-8-14-24(23)33-30(35(25)28)39-20-27(37)32-19-22-11-5-2-6-12-22/h1-14,25H,15-20H2,(H,31,36)(H,32,37). The number of carbonyl (C=O) groups is 3. The molecule has 8 nitrogen and oxygen atoms in total. The van der Waals surface area contributed by atoms with Crippen molar-refractivity contribution in [1.29, 1.82) is 0 Å². The highest BCUT2D eigenvalue weighted by molar-refractivity contribution is 8.14. The Kier molecular flexibility index (Phi) is 8.48. The van der Waals surface area contributed by atoms with Crippen LogP contribution in [0, 0.1) is 0 Å². The maximum absolute atomic E-state index is 13.0. The second kappa shape index (κ2) is 12.5. The normalized spacial score (nSPS) is 15.6. The van der Waals surface area contributed by atoms with Gasteiger partial charge in [-0.15, -0.1) is 0 Å². The van der Waals surface area contributed by atoms with Gasteiger partial charge in [0.2, 0.25) is 11.8 Å². The first-order chi connectivity index (χ1) is 19.1. The zero-order valence-electron chi connectivity index (χ0n) is 21.4. The number of carbonyl (C=O) groups excluding carboxylic acids is 3. The summed E-state index contributed by atoms with van der Waals surface area (Å²) in [4.78, 5) is 49.1. The number of fused-ring (bicyclic) bond motifs is 3. The van der Waals surface area contributed by atoms with Gasteiger partial charge >= 0.3 is 0 Å². The molecule has 39 heavy (non-hydrogen) atoms. The first kappa shape index (κ1) is 26.4. The number of rotatable bonds is 10. The summed E-state index contributed by atoms with van der Waals surface area (Å²) in [5.74, 6) is 0.103. The predicted molar refractivity (Wildman–Crippen MR) is 154 cm³/mol. The third-order valence-corrected chi connectivity index (χ3v) is 7.45. The lowest BCUT2D eigenvalue weighted by Gasteiger charge is -2.31.